The SMILES string of the molecule is CCNC1CCN(CCC2CCCC2)CC1. The van der Waals surface area contributed by atoms with Crippen LogP contribution in [0, 0.1) is 5.92 Å². The molecule has 0 aromatic carbocycles. The molecule has 0 aromatic heterocycles. The van der Waals surface area contributed by atoms with Crippen LogP contribution in [-0.4, -0.2) is 37.1 Å². The van der Waals surface area contributed by atoms with Crippen molar-refractivity contribution in [2.45, 2.75) is 57.9 Å². The van der Waals surface area contributed by atoms with Gasteiger partial charge in [0.2, 0.25) is 0 Å². The van der Waals surface area contributed by atoms with E-state index < -0.39 is 0 Å². The van der Waals surface area contributed by atoms with E-state index in [4.69, 9.17) is 0 Å². The summed E-state index contributed by atoms with van der Waals surface area (Å²) >= 11 is 0. The van der Waals surface area contributed by atoms with Crippen molar-refractivity contribution >= 4 is 0 Å². The van der Waals surface area contributed by atoms with Gasteiger partial charge in [0.25, 0.3) is 0 Å². The fourth-order valence-corrected chi connectivity index (χ4v) is 3.31. The fourth-order valence-electron chi connectivity index (χ4n) is 3.31. The van der Waals surface area contributed by atoms with Crippen LogP contribution in [0.4, 0.5) is 0 Å². The first kappa shape index (κ1) is 12.4. The van der Waals surface area contributed by atoms with E-state index in [2.05, 4.69) is 17.1 Å². The van der Waals surface area contributed by atoms with Crippen LogP contribution < -0.4 is 5.32 Å². The Labute approximate surface area is 101 Å². The lowest BCUT2D eigenvalue weighted by molar-refractivity contribution is 0.187. The van der Waals surface area contributed by atoms with Gasteiger partial charge in [-0.1, -0.05) is 32.6 Å². The first-order chi connectivity index (χ1) is 7.88. The van der Waals surface area contributed by atoms with Crippen LogP contribution in [0.25, 0.3) is 0 Å². The van der Waals surface area contributed by atoms with Crippen molar-refractivity contribution in [2.75, 3.05) is 26.2 Å². The van der Waals surface area contributed by atoms with E-state index >= 15 is 0 Å². The smallest absolute Gasteiger partial charge is 0.00912 e. The van der Waals surface area contributed by atoms with Gasteiger partial charge in [-0.05, 0) is 51.4 Å². The summed E-state index contributed by atoms with van der Waals surface area (Å²) < 4.78 is 0. The summed E-state index contributed by atoms with van der Waals surface area (Å²) in [7, 11) is 0. The molecule has 0 spiro atoms. The molecular weight excluding hydrogens is 196 g/mol. The van der Waals surface area contributed by atoms with Crippen LogP contribution >= 0.6 is 0 Å². The van der Waals surface area contributed by atoms with Gasteiger partial charge in [-0.25, -0.2) is 0 Å². The van der Waals surface area contributed by atoms with E-state index in [-0.39, 0.29) is 0 Å². The molecule has 2 rings (SSSR count). The second kappa shape index (κ2) is 6.61. The molecule has 16 heavy (non-hydrogen) atoms. The standard InChI is InChI=1S/C14H28N2/c1-2-15-14-8-11-16(12-9-14)10-7-13-5-3-4-6-13/h13-15H,2-12H2,1H3. The van der Waals surface area contributed by atoms with Crippen molar-refractivity contribution in [3.8, 4) is 0 Å². The van der Waals surface area contributed by atoms with Gasteiger partial charge >= 0.3 is 0 Å². The zero-order valence-electron chi connectivity index (χ0n) is 10.9. The van der Waals surface area contributed by atoms with Crippen LogP contribution in [-0.2, 0) is 0 Å². The maximum absolute atomic E-state index is 3.58. The Kier molecular flexibility index (Phi) is 5.11. The summed E-state index contributed by atoms with van der Waals surface area (Å²) in [5.74, 6) is 1.06. The summed E-state index contributed by atoms with van der Waals surface area (Å²) in [5.41, 5.74) is 0. The molecule has 0 bridgehead atoms. The van der Waals surface area contributed by atoms with Crippen LogP contribution in [0.1, 0.15) is 51.9 Å². The molecule has 94 valence electrons. The summed E-state index contributed by atoms with van der Waals surface area (Å²) in [6.45, 7) is 7.36. The second-order valence-corrected chi connectivity index (χ2v) is 5.61. The zero-order chi connectivity index (χ0) is 11.2. The van der Waals surface area contributed by atoms with Gasteiger partial charge in [0.05, 0.1) is 0 Å². The summed E-state index contributed by atoms with van der Waals surface area (Å²) in [5, 5.41) is 3.58. The maximum atomic E-state index is 3.58. The van der Waals surface area contributed by atoms with Gasteiger partial charge in [-0.2, -0.15) is 0 Å². The molecule has 0 aromatic rings. The third-order valence-electron chi connectivity index (χ3n) is 4.41. The minimum atomic E-state index is 0.799. The molecule has 1 aliphatic carbocycles. The predicted molar refractivity (Wildman–Crippen MR) is 69.7 cm³/mol. The van der Waals surface area contributed by atoms with Crippen LogP contribution in [0.15, 0.2) is 0 Å². The maximum Gasteiger partial charge on any atom is 0.00912 e. The first-order valence-electron chi connectivity index (χ1n) is 7.34. The average molecular weight is 224 g/mol. The van der Waals surface area contributed by atoms with Crippen molar-refractivity contribution in [2.24, 2.45) is 5.92 Å². The summed E-state index contributed by atoms with van der Waals surface area (Å²) in [4.78, 5) is 2.69. The Bertz CT molecular complexity index is 179. The lowest BCUT2D eigenvalue weighted by Gasteiger charge is -2.32. The van der Waals surface area contributed by atoms with Crippen molar-refractivity contribution in [1.82, 2.24) is 10.2 Å². The number of nitrogens with one attached hydrogen (secondary N) is 1. The van der Waals surface area contributed by atoms with Gasteiger partial charge in [0, 0.05) is 6.04 Å². The molecule has 0 unspecified atom stereocenters. The molecule has 2 aliphatic rings. The van der Waals surface area contributed by atoms with Crippen LogP contribution in [0.3, 0.4) is 0 Å². The van der Waals surface area contributed by atoms with Crippen molar-refractivity contribution in [3.63, 3.8) is 0 Å². The van der Waals surface area contributed by atoms with E-state index in [1.54, 1.807) is 0 Å². The van der Waals surface area contributed by atoms with E-state index in [0.29, 0.717) is 0 Å². The lowest BCUT2D eigenvalue weighted by atomic mass is 10.0. The van der Waals surface area contributed by atoms with Crippen LogP contribution in [0.5, 0.6) is 0 Å². The minimum Gasteiger partial charge on any atom is -0.314 e. The number of hydrogen-bond acceptors (Lipinski definition) is 2. The first-order valence-corrected chi connectivity index (χ1v) is 7.34. The van der Waals surface area contributed by atoms with Gasteiger partial charge in [-0.3, -0.25) is 0 Å². The second-order valence-electron chi connectivity index (χ2n) is 5.61. The normalized spacial score (nSPS) is 25.3. The number of piperidine rings is 1. The van der Waals surface area contributed by atoms with Gasteiger partial charge in [0.1, 0.15) is 0 Å². The Hall–Kier alpha value is -0.0800. The van der Waals surface area contributed by atoms with Crippen molar-refractivity contribution < 1.29 is 0 Å². The van der Waals surface area contributed by atoms with Crippen molar-refractivity contribution in [3.05, 3.63) is 0 Å². The quantitative estimate of drug-likeness (QED) is 0.772. The molecule has 1 N–H and O–H groups in total. The molecule has 1 aliphatic heterocycles. The summed E-state index contributed by atoms with van der Waals surface area (Å²) in [6, 6.07) is 0.799. The third kappa shape index (κ3) is 3.74. The van der Waals surface area contributed by atoms with E-state index in [1.165, 1.54) is 64.6 Å². The third-order valence-corrected chi connectivity index (χ3v) is 4.41. The zero-order valence-corrected chi connectivity index (χ0v) is 10.9. The van der Waals surface area contributed by atoms with E-state index in [9.17, 15) is 0 Å². The number of rotatable bonds is 5. The van der Waals surface area contributed by atoms with Gasteiger partial charge in [0.15, 0.2) is 0 Å². The highest BCUT2D eigenvalue weighted by Crippen LogP contribution is 2.27. The Morgan fingerprint density at radius 2 is 1.75 bits per heavy atom. The Balaban J connectivity index is 1.57. The minimum absolute atomic E-state index is 0.799. The number of likely N-dealkylation sites (tertiary alicyclic amines) is 1. The molecule has 1 heterocycles. The van der Waals surface area contributed by atoms with Gasteiger partial charge in [-0.15, -0.1) is 0 Å². The molecule has 0 amide bonds. The average Bonchev–Trinajstić information content (AvgIpc) is 2.82. The Morgan fingerprint density at radius 3 is 2.38 bits per heavy atom. The topological polar surface area (TPSA) is 15.3 Å². The lowest BCUT2D eigenvalue weighted by Crippen LogP contribution is -2.42. The monoisotopic (exact) mass is 224 g/mol. The highest BCUT2D eigenvalue weighted by atomic mass is 15.1. The number of hydrogen-bond donors (Lipinski definition) is 1. The van der Waals surface area contributed by atoms with Crippen molar-refractivity contribution in [1.29, 1.82) is 0 Å². The van der Waals surface area contributed by atoms with Crippen LogP contribution in [0.2, 0.25) is 0 Å². The largest absolute Gasteiger partial charge is 0.314 e. The summed E-state index contributed by atoms with van der Waals surface area (Å²) in [6.07, 6.45) is 10.2. The Morgan fingerprint density at radius 1 is 1.06 bits per heavy atom. The van der Waals surface area contributed by atoms with E-state index in [0.717, 1.165) is 18.5 Å². The fraction of sp³-hybridized carbons (Fsp3) is 1.00. The molecule has 0 atom stereocenters. The molecule has 1 saturated carbocycles. The molecule has 2 heteroatoms. The molecule has 2 fully saturated rings. The predicted octanol–water partition coefficient (Wildman–Crippen LogP) is 2.64. The van der Waals surface area contributed by atoms with E-state index in [1.807, 2.05) is 0 Å². The molecule has 0 radical (unpaired) electrons. The highest BCUT2D eigenvalue weighted by molar-refractivity contribution is 4.77. The number of nitrogens with zero attached hydrogens (tertiary/aromatic N) is 1. The molecule has 2 nitrogen and oxygen atoms in total. The van der Waals surface area contributed by atoms with Gasteiger partial charge < -0.3 is 10.2 Å². The molecule has 1 saturated heterocycles. The highest BCUT2D eigenvalue weighted by Gasteiger charge is 2.20. The molecular formula is C14H28N2.